The van der Waals surface area contributed by atoms with Gasteiger partial charge in [0.2, 0.25) is 0 Å². The number of rotatable bonds is 8. The Balaban J connectivity index is 2.19. The Morgan fingerprint density at radius 2 is 1.94 bits per heavy atom. The van der Waals surface area contributed by atoms with Gasteiger partial charge in [0.15, 0.2) is 0 Å². The van der Waals surface area contributed by atoms with Crippen LogP contribution >= 0.6 is 0 Å². The van der Waals surface area contributed by atoms with Gasteiger partial charge in [0.1, 0.15) is 0 Å². The average Bonchev–Trinajstić information content (AvgIpc) is 2.37. The summed E-state index contributed by atoms with van der Waals surface area (Å²) in [7, 11) is 1.77. The molecule has 4 nitrogen and oxygen atoms in total. The first kappa shape index (κ1) is 14.9. The van der Waals surface area contributed by atoms with E-state index in [9.17, 15) is 0 Å². The second-order valence-corrected chi connectivity index (χ2v) is 4.86. The molecule has 4 heteroatoms. The van der Waals surface area contributed by atoms with E-state index in [-0.39, 0.29) is 0 Å². The number of nitrogens with two attached hydrogens (primary N) is 1. The third-order valence-corrected chi connectivity index (χ3v) is 3.72. The minimum absolute atomic E-state index is 0.695. The van der Waals surface area contributed by atoms with Crippen LogP contribution in [0.3, 0.4) is 0 Å². The van der Waals surface area contributed by atoms with Gasteiger partial charge in [0.25, 0.3) is 0 Å². The lowest BCUT2D eigenvalue weighted by Gasteiger charge is -2.39. The van der Waals surface area contributed by atoms with E-state index in [0.717, 1.165) is 26.0 Å². The summed E-state index contributed by atoms with van der Waals surface area (Å²) in [6.45, 7) is 9.94. The van der Waals surface area contributed by atoms with Crippen molar-refractivity contribution in [1.82, 2.24) is 9.80 Å². The summed E-state index contributed by atoms with van der Waals surface area (Å²) in [4.78, 5) is 5.16. The molecule has 102 valence electrons. The minimum atomic E-state index is 0.695. The van der Waals surface area contributed by atoms with Gasteiger partial charge in [-0.25, -0.2) is 0 Å². The fourth-order valence-electron chi connectivity index (χ4n) is 2.62. The van der Waals surface area contributed by atoms with Gasteiger partial charge in [-0.15, -0.1) is 0 Å². The smallest absolute Gasteiger partial charge is 0.0474 e. The number of hydrogen-bond acceptors (Lipinski definition) is 4. The van der Waals surface area contributed by atoms with Crippen molar-refractivity contribution >= 4 is 0 Å². The summed E-state index contributed by atoms with van der Waals surface area (Å²) in [5.41, 5.74) is 5.67. The molecule has 1 aliphatic rings. The summed E-state index contributed by atoms with van der Waals surface area (Å²) in [5, 5.41) is 0. The Morgan fingerprint density at radius 3 is 2.47 bits per heavy atom. The Morgan fingerprint density at radius 1 is 1.24 bits per heavy atom. The maximum Gasteiger partial charge on any atom is 0.0474 e. The first-order chi connectivity index (χ1) is 8.31. The van der Waals surface area contributed by atoms with E-state index in [2.05, 4.69) is 16.7 Å². The molecule has 0 aromatic rings. The quantitative estimate of drug-likeness (QED) is 0.639. The molecule has 0 spiro atoms. The third-order valence-electron chi connectivity index (χ3n) is 3.72. The van der Waals surface area contributed by atoms with E-state index in [1.807, 2.05) is 0 Å². The Labute approximate surface area is 106 Å². The van der Waals surface area contributed by atoms with E-state index in [1.165, 1.54) is 39.1 Å². The lowest BCUT2D eigenvalue weighted by atomic mass is 10.1. The predicted octanol–water partition coefficient (Wildman–Crippen LogP) is 0.768. The number of nitrogens with zero attached hydrogens (tertiary/aromatic N) is 2. The van der Waals surface area contributed by atoms with Crippen molar-refractivity contribution in [3.63, 3.8) is 0 Å². The van der Waals surface area contributed by atoms with Crippen molar-refractivity contribution in [2.75, 3.05) is 53.0 Å². The zero-order chi connectivity index (χ0) is 12.5. The number of hydrogen-bond donors (Lipinski definition) is 1. The molecule has 0 aliphatic carbocycles. The standard InChI is InChI=1S/C13H29N3O/c1-3-13(5-6-14)16-10-8-15(9-11-16)7-4-12-17-2/h13H,3-12,14H2,1-2H3. The van der Waals surface area contributed by atoms with Crippen LogP contribution < -0.4 is 5.73 Å². The molecule has 1 heterocycles. The summed E-state index contributed by atoms with van der Waals surface area (Å²) < 4.78 is 5.09. The molecule has 1 fully saturated rings. The molecule has 2 N–H and O–H groups in total. The first-order valence-electron chi connectivity index (χ1n) is 6.97. The van der Waals surface area contributed by atoms with E-state index in [1.54, 1.807) is 7.11 Å². The van der Waals surface area contributed by atoms with Crippen LogP contribution in [0.1, 0.15) is 26.2 Å². The van der Waals surface area contributed by atoms with Crippen LogP contribution in [-0.4, -0.2) is 68.8 Å². The van der Waals surface area contributed by atoms with Gasteiger partial charge in [0.05, 0.1) is 0 Å². The molecular weight excluding hydrogens is 214 g/mol. The Bertz CT molecular complexity index is 182. The molecule has 0 radical (unpaired) electrons. The van der Waals surface area contributed by atoms with Crippen LogP contribution in [0.5, 0.6) is 0 Å². The lowest BCUT2D eigenvalue weighted by Crippen LogP contribution is -2.50. The number of methoxy groups -OCH3 is 1. The molecule has 1 atom stereocenters. The largest absolute Gasteiger partial charge is 0.385 e. The van der Waals surface area contributed by atoms with Crippen molar-refractivity contribution in [2.45, 2.75) is 32.2 Å². The monoisotopic (exact) mass is 243 g/mol. The van der Waals surface area contributed by atoms with Gasteiger partial charge in [-0.3, -0.25) is 4.90 Å². The number of piperazine rings is 1. The molecular formula is C13H29N3O. The van der Waals surface area contributed by atoms with Crippen LogP contribution in [0.15, 0.2) is 0 Å². The molecule has 1 unspecified atom stereocenters. The van der Waals surface area contributed by atoms with Gasteiger partial charge >= 0.3 is 0 Å². The zero-order valence-corrected chi connectivity index (χ0v) is 11.5. The predicted molar refractivity (Wildman–Crippen MR) is 72.3 cm³/mol. The summed E-state index contributed by atoms with van der Waals surface area (Å²) >= 11 is 0. The molecule has 1 aliphatic heterocycles. The van der Waals surface area contributed by atoms with Gasteiger partial charge < -0.3 is 15.4 Å². The van der Waals surface area contributed by atoms with Gasteiger partial charge in [-0.2, -0.15) is 0 Å². The Hall–Kier alpha value is -0.160. The maximum atomic E-state index is 5.67. The average molecular weight is 243 g/mol. The van der Waals surface area contributed by atoms with Gasteiger partial charge in [-0.05, 0) is 25.8 Å². The molecule has 1 saturated heterocycles. The topological polar surface area (TPSA) is 41.7 Å². The van der Waals surface area contributed by atoms with Crippen molar-refractivity contribution in [2.24, 2.45) is 5.73 Å². The van der Waals surface area contributed by atoms with E-state index < -0.39 is 0 Å². The van der Waals surface area contributed by atoms with Crippen LogP contribution in [0.25, 0.3) is 0 Å². The third kappa shape index (κ3) is 5.34. The molecule has 0 aromatic carbocycles. The van der Waals surface area contributed by atoms with E-state index in [0.29, 0.717) is 6.04 Å². The van der Waals surface area contributed by atoms with Crippen molar-refractivity contribution in [1.29, 1.82) is 0 Å². The summed E-state index contributed by atoms with van der Waals surface area (Å²) in [6.07, 6.45) is 3.51. The second-order valence-electron chi connectivity index (χ2n) is 4.86. The fraction of sp³-hybridized carbons (Fsp3) is 1.00. The highest BCUT2D eigenvalue weighted by Gasteiger charge is 2.21. The molecule has 0 aromatic heterocycles. The zero-order valence-electron chi connectivity index (χ0n) is 11.5. The highest BCUT2D eigenvalue weighted by atomic mass is 16.5. The van der Waals surface area contributed by atoms with Crippen molar-refractivity contribution in [3.05, 3.63) is 0 Å². The molecule has 0 bridgehead atoms. The SMILES string of the molecule is CCC(CCN)N1CCN(CCCOC)CC1. The summed E-state index contributed by atoms with van der Waals surface area (Å²) in [5.74, 6) is 0. The first-order valence-corrected chi connectivity index (χ1v) is 6.97. The van der Waals surface area contributed by atoms with Crippen LogP contribution in [0, 0.1) is 0 Å². The highest BCUT2D eigenvalue weighted by molar-refractivity contribution is 4.78. The lowest BCUT2D eigenvalue weighted by molar-refractivity contribution is 0.0838. The molecule has 17 heavy (non-hydrogen) atoms. The van der Waals surface area contributed by atoms with Gasteiger partial charge in [0, 0.05) is 52.5 Å². The van der Waals surface area contributed by atoms with Crippen LogP contribution in [0.2, 0.25) is 0 Å². The maximum absolute atomic E-state index is 5.67. The van der Waals surface area contributed by atoms with Crippen molar-refractivity contribution < 1.29 is 4.74 Å². The van der Waals surface area contributed by atoms with Crippen LogP contribution in [-0.2, 0) is 4.74 Å². The Kier molecular flexibility index (Phi) is 7.77. The highest BCUT2D eigenvalue weighted by Crippen LogP contribution is 2.12. The molecule has 1 rings (SSSR count). The van der Waals surface area contributed by atoms with Gasteiger partial charge in [-0.1, -0.05) is 6.92 Å². The van der Waals surface area contributed by atoms with E-state index >= 15 is 0 Å². The fourth-order valence-corrected chi connectivity index (χ4v) is 2.62. The molecule has 0 saturated carbocycles. The van der Waals surface area contributed by atoms with Crippen molar-refractivity contribution in [3.8, 4) is 0 Å². The summed E-state index contributed by atoms with van der Waals surface area (Å²) in [6, 6.07) is 0.695. The van der Waals surface area contributed by atoms with E-state index in [4.69, 9.17) is 10.5 Å². The number of ether oxygens (including phenoxy) is 1. The van der Waals surface area contributed by atoms with Crippen LogP contribution in [0.4, 0.5) is 0 Å². The minimum Gasteiger partial charge on any atom is -0.385 e. The second kappa shape index (κ2) is 8.86. The molecule has 0 amide bonds. The normalized spacial score (nSPS) is 20.6.